The Kier molecular flexibility index (Phi) is 6.83. The zero-order chi connectivity index (χ0) is 23.2. The molecule has 0 unspecified atom stereocenters. The van der Waals surface area contributed by atoms with Crippen molar-refractivity contribution < 1.29 is 9.47 Å². The second kappa shape index (κ2) is 10.1. The monoisotopic (exact) mass is 460 g/mol. The topological polar surface area (TPSA) is 108 Å². The zero-order valence-electron chi connectivity index (χ0n) is 18.1. The second-order valence-electron chi connectivity index (χ2n) is 7.00. The van der Waals surface area contributed by atoms with E-state index in [1.54, 1.807) is 44.9 Å². The summed E-state index contributed by atoms with van der Waals surface area (Å²) >= 11 is 5.94. The number of fused-ring (bicyclic) bond motifs is 1. The van der Waals surface area contributed by atoms with Gasteiger partial charge >= 0.3 is 0 Å². The summed E-state index contributed by atoms with van der Waals surface area (Å²) in [7, 11) is 3.39. The van der Waals surface area contributed by atoms with E-state index < -0.39 is 0 Å². The molecule has 4 aromatic rings. The largest absolute Gasteiger partial charge is 0.495 e. The molecule has 0 aliphatic rings. The van der Waals surface area contributed by atoms with Gasteiger partial charge in [-0.3, -0.25) is 0 Å². The highest BCUT2D eigenvalue weighted by molar-refractivity contribution is 6.29. The molecule has 0 bridgehead atoms. The molecule has 0 fully saturated rings. The molecule has 0 aromatic carbocycles. The van der Waals surface area contributed by atoms with Crippen LogP contribution in [-0.4, -0.2) is 34.1 Å². The first-order valence-electron chi connectivity index (χ1n) is 10.0. The second-order valence-corrected chi connectivity index (χ2v) is 7.39. The number of nitrogens with zero attached hydrogens (tertiary/aromatic N) is 4. The van der Waals surface area contributed by atoms with E-state index in [0.717, 1.165) is 22.0 Å². The van der Waals surface area contributed by atoms with E-state index in [4.69, 9.17) is 26.8 Å². The molecule has 4 aromatic heterocycles. The van der Waals surface area contributed by atoms with Gasteiger partial charge in [-0.25, -0.2) is 19.9 Å². The minimum absolute atomic E-state index is 0.275. The summed E-state index contributed by atoms with van der Waals surface area (Å²) in [5.74, 6) is 8.02. The smallest absolute Gasteiger partial charge is 0.137 e. The molecule has 166 valence electrons. The van der Waals surface area contributed by atoms with Crippen molar-refractivity contribution in [3.8, 4) is 17.6 Å². The van der Waals surface area contributed by atoms with Gasteiger partial charge in [0.2, 0.25) is 0 Å². The molecular formula is C24H21ClN6O2. The molecule has 9 heteroatoms. The van der Waals surface area contributed by atoms with Crippen LogP contribution in [0.3, 0.4) is 0 Å². The fourth-order valence-electron chi connectivity index (χ4n) is 3.20. The number of halogens is 1. The molecule has 0 atom stereocenters. The quantitative estimate of drug-likeness (QED) is 0.330. The number of methoxy groups -OCH3 is 1. The van der Waals surface area contributed by atoms with Crippen molar-refractivity contribution in [2.45, 2.75) is 13.2 Å². The van der Waals surface area contributed by atoms with Gasteiger partial charge in [0.1, 0.15) is 28.2 Å². The van der Waals surface area contributed by atoms with Gasteiger partial charge < -0.3 is 20.5 Å². The van der Waals surface area contributed by atoms with E-state index in [1.807, 2.05) is 18.2 Å². The van der Waals surface area contributed by atoms with Gasteiger partial charge in [-0.2, -0.15) is 0 Å². The van der Waals surface area contributed by atoms with Crippen LogP contribution in [-0.2, 0) is 18.0 Å². The van der Waals surface area contributed by atoms with Crippen LogP contribution in [0.4, 0.5) is 11.6 Å². The summed E-state index contributed by atoms with van der Waals surface area (Å²) in [4.78, 5) is 17.3. The number of pyridine rings is 4. The van der Waals surface area contributed by atoms with Gasteiger partial charge in [0.15, 0.2) is 0 Å². The van der Waals surface area contributed by atoms with Crippen molar-refractivity contribution in [2.24, 2.45) is 0 Å². The summed E-state index contributed by atoms with van der Waals surface area (Å²) in [6.45, 7) is 0.577. The number of hydrogen-bond acceptors (Lipinski definition) is 8. The number of nitrogen functional groups attached to an aromatic ring is 1. The minimum atomic E-state index is 0.275. The van der Waals surface area contributed by atoms with Crippen molar-refractivity contribution in [2.75, 3.05) is 25.2 Å². The van der Waals surface area contributed by atoms with E-state index in [9.17, 15) is 0 Å². The summed E-state index contributed by atoms with van der Waals surface area (Å²) in [5.41, 5.74) is 8.71. The van der Waals surface area contributed by atoms with E-state index in [0.29, 0.717) is 40.4 Å². The van der Waals surface area contributed by atoms with E-state index in [1.165, 1.54) is 0 Å². The van der Waals surface area contributed by atoms with E-state index in [-0.39, 0.29) is 6.61 Å². The average Bonchev–Trinajstić information content (AvgIpc) is 2.83. The Bertz CT molecular complexity index is 1370. The number of nitrogens with two attached hydrogens (primary N) is 1. The summed E-state index contributed by atoms with van der Waals surface area (Å²) < 4.78 is 11.2. The fraction of sp³-hybridized carbons (Fsp3) is 0.167. The SMILES string of the molecule is CNc1ncc(C#Cc2ncc(OC)cc2COCc2cccc(Cl)n2)c2cc(N)ncc12. The average molecular weight is 461 g/mol. The summed E-state index contributed by atoms with van der Waals surface area (Å²) in [5, 5.41) is 5.17. The van der Waals surface area contributed by atoms with Crippen LogP contribution in [0.1, 0.15) is 22.5 Å². The molecule has 33 heavy (non-hydrogen) atoms. The predicted molar refractivity (Wildman–Crippen MR) is 128 cm³/mol. The first kappa shape index (κ1) is 22.3. The third kappa shape index (κ3) is 5.29. The van der Waals surface area contributed by atoms with Gasteiger partial charge in [-0.05, 0) is 30.2 Å². The number of ether oxygens (including phenoxy) is 2. The standard InChI is InChI=1S/C24H21ClN6O2/c1-27-24-20-12-29-23(26)9-19(20)15(10-30-24)6-7-21-16(8-18(32-2)11-28-21)13-33-14-17-4-3-5-22(25)31-17/h3-5,8-12H,13-14H2,1-2H3,(H2,26,29)(H,27,30). The van der Waals surface area contributed by atoms with Crippen LogP contribution in [0.2, 0.25) is 5.15 Å². The lowest BCUT2D eigenvalue weighted by Gasteiger charge is -2.09. The molecule has 3 N–H and O–H groups in total. The van der Waals surface area contributed by atoms with Gasteiger partial charge in [0, 0.05) is 35.8 Å². The Balaban J connectivity index is 1.63. The van der Waals surface area contributed by atoms with Crippen LogP contribution in [0.5, 0.6) is 5.75 Å². The number of hydrogen-bond donors (Lipinski definition) is 2. The van der Waals surface area contributed by atoms with Crippen molar-refractivity contribution in [3.63, 3.8) is 0 Å². The van der Waals surface area contributed by atoms with Crippen LogP contribution < -0.4 is 15.8 Å². The molecule has 4 rings (SSSR count). The lowest BCUT2D eigenvalue weighted by molar-refractivity contribution is 0.104. The van der Waals surface area contributed by atoms with Gasteiger partial charge in [-0.15, -0.1) is 0 Å². The number of aromatic nitrogens is 4. The highest BCUT2D eigenvalue weighted by Crippen LogP contribution is 2.25. The van der Waals surface area contributed by atoms with Crippen LogP contribution in [0.15, 0.2) is 48.9 Å². The van der Waals surface area contributed by atoms with E-state index >= 15 is 0 Å². The molecular weight excluding hydrogens is 440 g/mol. The molecule has 0 saturated heterocycles. The molecule has 0 saturated carbocycles. The molecule has 0 radical (unpaired) electrons. The highest BCUT2D eigenvalue weighted by Gasteiger charge is 2.09. The van der Waals surface area contributed by atoms with Crippen molar-refractivity contribution in [1.29, 1.82) is 0 Å². The number of anilines is 2. The highest BCUT2D eigenvalue weighted by atomic mass is 35.5. The minimum Gasteiger partial charge on any atom is -0.495 e. The van der Waals surface area contributed by atoms with Gasteiger partial charge in [-0.1, -0.05) is 23.6 Å². The zero-order valence-corrected chi connectivity index (χ0v) is 18.8. The number of rotatable bonds is 6. The van der Waals surface area contributed by atoms with E-state index in [2.05, 4.69) is 37.1 Å². The first-order chi connectivity index (χ1) is 16.1. The number of nitrogens with one attached hydrogen (secondary N) is 1. The Hall–Kier alpha value is -3.93. The lowest BCUT2D eigenvalue weighted by atomic mass is 10.1. The predicted octanol–water partition coefficient (Wildman–Crippen LogP) is 3.82. The lowest BCUT2D eigenvalue weighted by Crippen LogP contribution is -2.01. The maximum Gasteiger partial charge on any atom is 0.137 e. The van der Waals surface area contributed by atoms with Crippen molar-refractivity contribution in [1.82, 2.24) is 19.9 Å². The molecule has 8 nitrogen and oxygen atoms in total. The molecule has 0 aliphatic heterocycles. The molecule has 4 heterocycles. The van der Waals surface area contributed by atoms with Crippen LogP contribution >= 0.6 is 11.6 Å². The maximum absolute atomic E-state index is 5.94. The third-order valence-corrected chi connectivity index (χ3v) is 5.01. The maximum atomic E-state index is 5.94. The third-order valence-electron chi connectivity index (χ3n) is 4.80. The van der Waals surface area contributed by atoms with Crippen LogP contribution in [0, 0.1) is 11.8 Å². The first-order valence-corrected chi connectivity index (χ1v) is 10.4. The van der Waals surface area contributed by atoms with Crippen LogP contribution in [0.25, 0.3) is 10.8 Å². The Morgan fingerprint density at radius 2 is 1.91 bits per heavy atom. The molecule has 0 amide bonds. The molecule has 0 spiro atoms. The Morgan fingerprint density at radius 3 is 2.70 bits per heavy atom. The molecule has 0 aliphatic carbocycles. The summed E-state index contributed by atoms with van der Waals surface area (Å²) in [6.07, 6.45) is 5.00. The Labute approximate surface area is 196 Å². The van der Waals surface area contributed by atoms with Gasteiger partial charge in [0.25, 0.3) is 0 Å². The van der Waals surface area contributed by atoms with Crippen molar-refractivity contribution >= 4 is 34.0 Å². The normalized spacial score (nSPS) is 10.5. The Morgan fingerprint density at radius 1 is 1.03 bits per heavy atom. The van der Waals surface area contributed by atoms with Gasteiger partial charge in [0.05, 0.1) is 37.8 Å². The van der Waals surface area contributed by atoms with Crippen molar-refractivity contribution in [3.05, 3.63) is 76.6 Å². The fourth-order valence-corrected chi connectivity index (χ4v) is 3.38. The summed E-state index contributed by atoms with van der Waals surface area (Å²) in [6, 6.07) is 9.04.